The largest absolute Gasteiger partial charge is 0.392 e. The molecule has 0 aliphatic carbocycles. The molecule has 0 aromatic heterocycles. The molecule has 0 bridgehead atoms. The van der Waals surface area contributed by atoms with Crippen molar-refractivity contribution >= 4 is 11.8 Å². The third-order valence-corrected chi connectivity index (χ3v) is 4.29. The number of aliphatic hydroxyl groups excluding tert-OH is 1. The summed E-state index contributed by atoms with van der Waals surface area (Å²) in [5.74, 6) is 0.0868. The topological polar surface area (TPSA) is 81.7 Å². The Bertz CT molecular complexity index is 374. The third-order valence-electron chi connectivity index (χ3n) is 4.29. The molecule has 3 saturated heterocycles. The number of fused-ring (bicyclic) bond motifs is 1. The Morgan fingerprint density at radius 2 is 2.22 bits per heavy atom. The number of amides is 2. The summed E-state index contributed by atoms with van der Waals surface area (Å²) in [4.78, 5) is 25.9. The number of carbonyl (C=O) groups is 2. The van der Waals surface area contributed by atoms with Crippen LogP contribution in [-0.4, -0.2) is 59.6 Å². The molecule has 18 heavy (non-hydrogen) atoms. The molecule has 0 saturated carbocycles. The van der Waals surface area contributed by atoms with Crippen molar-refractivity contribution in [3.8, 4) is 0 Å². The van der Waals surface area contributed by atoms with Crippen LogP contribution < -0.4 is 10.6 Å². The SMILES string of the molecule is O=C1NCC2C1CCCN2C(=O)C1CC(O)CN1. The normalized spacial score (nSPS) is 39.6. The van der Waals surface area contributed by atoms with E-state index >= 15 is 0 Å². The fourth-order valence-corrected chi connectivity index (χ4v) is 3.33. The molecule has 100 valence electrons. The van der Waals surface area contributed by atoms with Crippen molar-refractivity contribution in [2.45, 2.75) is 37.5 Å². The number of likely N-dealkylation sites (tertiary alicyclic amines) is 1. The fourth-order valence-electron chi connectivity index (χ4n) is 3.33. The summed E-state index contributed by atoms with van der Waals surface area (Å²) >= 11 is 0. The number of aliphatic hydroxyl groups is 1. The Labute approximate surface area is 106 Å². The molecular weight excluding hydrogens is 234 g/mol. The van der Waals surface area contributed by atoms with Gasteiger partial charge in [-0.25, -0.2) is 0 Å². The molecule has 3 heterocycles. The van der Waals surface area contributed by atoms with Crippen molar-refractivity contribution < 1.29 is 14.7 Å². The molecule has 0 radical (unpaired) electrons. The van der Waals surface area contributed by atoms with E-state index in [1.807, 2.05) is 4.90 Å². The van der Waals surface area contributed by atoms with Gasteiger partial charge in [0.1, 0.15) is 0 Å². The molecule has 3 rings (SSSR count). The number of nitrogens with zero attached hydrogens (tertiary/aromatic N) is 1. The maximum Gasteiger partial charge on any atom is 0.240 e. The van der Waals surface area contributed by atoms with Crippen LogP contribution in [0.3, 0.4) is 0 Å². The van der Waals surface area contributed by atoms with E-state index in [2.05, 4.69) is 10.6 Å². The van der Waals surface area contributed by atoms with Crippen LogP contribution in [0.1, 0.15) is 19.3 Å². The van der Waals surface area contributed by atoms with Crippen LogP contribution in [0.4, 0.5) is 0 Å². The van der Waals surface area contributed by atoms with Gasteiger partial charge in [-0.1, -0.05) is 0 Å². The van der Waals surface area contributed by atoms with Gasteiger partial charge in [-0.15, -0.1) is 0 Å². The molecule has 3 N–H and O–H groups in total. The van der Waals surface area contributed by atoms with Crippen LogP contribution in [-0.2, 0) is 9.59 Å². The molecule has 6 nitrogen and oxygen atoms in total. The molecule has 6 heteroatoms. The molecule has 4 atom stereocenters. The van der Waals surface area contributed by atoms with Crippen LogP contribution in [0, 0.1) is 5.92 Å². The Balaban J connectivity index is 1.71. The molecule has 3 aliphatic rings. The van der Waals surface area contributed by atoms with Gasteiger partial charge >= 0.3 is 0 Å². The van der Waals surface area contributed by atoms with Gasteiger partial charge in [-0.2, -0.15) is 0 Å². The molecule has 0 aromatic carbocycles. The smallest absolute Gasteiger partial charge is 0.240 e. The van der Waals surface area contributed by atoms with Crippen molar-refractivity contribution in [1.82, 2.24) is 15.5 Å². The lowest BCUT2D eigenvalue weighted by atomic mass is 9.91. The first-order chi connectivity index (χ1) is 8.66. The molecule has 4 unspecified atom stereocenters. The average molecular weight is 253 g/mol. The minimum Gasteiger partial charge on any atom is -0.392 e. The first-order valence-corrected chi connectivity index (χ1v) is 6.66. The summed E-state index contributed by atoms with van der Waals surface area (Å²) in [6.45, 7) is 1.78. The quantitative estimate of drug-likeness (QED) is 0.528. The minimum absolute atomic E-state index is 0.0123. The zero-order chi connectivity index (χ0) is 12.7. The number of rotatable bonds is 1. The maximum absolute atomic E-state index is 12.4. The van der Waals surface area contributed by atoms with E-state index in [1.165, 1.54) is 0 Å². The maximum atomic E-state index is 12.4. The average Bonchev–Trinajstić information content (AvgIpc) is 2.96. The number of β-amino-alcohol motifs (C(OH)–C–C–N with tert-alkyl or cyclic N) is 1. The summed E-state index contributed by atoms with van der Waals surface area (Å²) < 4.78 is 0. The van der Waals surface area contributed by atoms with Crippen molar-refractivity contribution in [3.63, 3.8) is 0 Å². The number of hydrogen-bond donors (Lipinski definition) is 3. The van der Waals surface area contributed by atoms with Crippen molar-refractivity contribution in [1.29, 1.82) is 0 Å². The minimum atomic E-state index is -0.428. The van der Waals surface area contributed by atoms with E-state index in [0.717, 1.165) is 19.4 Å². The summed E-state index contributed by atoms with van der Waals surface area (Å²) in [5, 5.41) is 15.4. The Kier molecular flexibility index (Phi) is 2.99. The summed E-state index contributed by atoms with van der Waals surface area (Å²) in [5.41, 5.74) is 0. The molecule has 2 amide bonds. The zero-order valence-electron chi connectivity index (χ0n) is 10.3. The van der Waals surface area contributed by atoms with Gasteiger partial charge in [-0.05, 0) is 19.3 Å². The van der Waals surface area contributed by atoms with E-state index in [4.69, 9.17) is 0 Å². The Morgan fingerprint density at radius 1 is 1.39 bits per heavy atom. The highest BCUT2D eigenvalue weighted by molar-refractivity contribution is 5.86. The first kappa shape index (κ1) is 11.9. The second kappa shape index (κ2) is 4.51. The van der Waals surface area contributed by atoms with Gasteiger partial charge in [-0.3, -0.25) is 9.59 Å². The van der Waals surface area contributed by atoms with E-state index in [1.54, 1.807) is 0 Å². The Hall–Kier alpha value is -1.14. The lowest BCUT2D eigenvalue weighted by Crippen LogP contribution is -2.53. The van der Waals surface area contributed by atoms with Crippen LogP contribution >= 0.6 is 0 Å². The predicted molar refractivity (Wildman–Crippen MR) is 63.6 cm³/mol. The Morgan fingerprint density at radius 3 is 2.94 bits per heavy atom. The van der Waals surface area contributed by atoms with Gasteiger partial charge in [0.15, 0.2) is 0 Å². The number of piperidine rings is 1. The van der Waals surface area contributed by atoms with E-state index in [-0.39, 0.29) is 29.8 Å². The van der Waals surface area contributed by atoms with E-state index in [9.17, 15) is 14.7 Å². The summed E-state index contributed by atoms with van der Waals surface area (Å²) in [7, 11) is 0. The van der Waals surface area contributed by atoms with Crippen LogP contribution in [0.2, 0.25) is 0 Å². The molecular formula is C12H19N3O3. The summed E-state index contributed by atoms with van der Waals surface area (Å²) in [6.07, 6.45) is 1.81. The summed E-state index contributed by atoms with van der Waals surface area (Å²) in [6, 6.07) is -0.271. The number of nitrogens with one attached hydrogen (secondary N) is 2. The van der Waals surface area contributed by atoms with Crippen LogP contribution in [0.15, 0.2) is 0 Å². The van der Waals surface area contributed by atoms with Gasteiger partial charge in [0.2, 0.25) is 11.8 Å². The first-order valence-electron chi connectivity index (χ1n) is 6.66. The standard InChI is InChI=1S/C12H19N3O3/c16-7-4-9(13-5-7)12(18)15-3-1-2-8-10(15)6-14-11(8)17/h7-10,13,16H,1-6H2,(H,14,17). The molecule has 0 aromatic rings. The van der Waals surface area contributed by atoms with Gasteiger partial charge in [0, 0.05) is 19.6 Å². The zero-order valence-corrected chi connectivity index (χ0v) is 10.3. The van der Waals surface area contributed by atoms with Crippen molar-refractivity contribution in [2.75, 3.05) is 19.6 Å². The molecule has 0 spiro atoms. The van der Waals surface area contributed by atoms with Crippen molar-refractivity contribution in [3.05, 3.63) is 0 Å². The van der Waals surface area contributed by atoms with Gasteiger partial charge in [0.25, 0.3) is 0 Å². The highest BCUT2D eigenvalue weighted by Crippen LogP contribution is 2.28. The second-order valence-corrected chi connectivity index (χ2v) is 5.44. The highest BCUT2D eigenvalue weighted by atomic mass is 16.3. The van der Waals surface area contributed by atoms with Gasteiger partial charge < -0.3 is 20.6 Å². The lowest BCUT2D eigenvalue weighted by Gasteiger charge is -2.37. The monoisotopic (exact) mass is 253 g/mol. The molecule has 3 aliphatic heterocycles. The second-order valence-electron chi connectivity index (χ2n) is 5.44. The van der Waals surface area contributed by atoms with E-state index in [0.29, 0.717) is 19.5 Å². The fraction of sp³-hybridized carbons (Fsp3) is 0.833. The third kappa shape index (κ3) is 1.89. The highest BCUT2D eigenvalue weighted by Gasteiger charge is 2.44. The van der Waals surface area contributed by atoms with E-state index < -0.39 is 6.10 Å². The van der Waals surface area contributed by atoms with Gasteiger partial charge in [0.05, 0.1) is 24.1 Å². The van der Waals surface area contributed by atoms with Crippen LogP contribution in [0.5, 0.6) is 0 Å². The molecule has 3 fully saturated rings. The lowest BCUT2D eigenvalue weighted by molar-refractivity contribution is -0.138. The predicted octanol–water partition coefficient (Wildman–Crippen LogP) is -1.55. The number of hydrogen-bond acceptors (Lipinski definition) is 4. The van der Waals surface area contributed by atoms with Crippen molar-refractivity contribution in [2.24, 2.45) is 5.92 Å². The number of carbonyl (C=O) groups excluding carboxylic acids is 2. The van der Waals surface area contributed by atoms with Crippen LogP contribution in [0.25, 0.3) is 0 Å².